The van der Waals surface area contributed by atoms with Gasteiger partial charge in [-0.1, -0.05) is 23.7 Å². The highest BCUT2D eigenvalue weighted by atomic mass is 35.5. The number of halogens is 4. The van der Waals surface area contributed by atoms with Crippen molar-refractivity contribution in [2.24, 2.45) is 0 Å². The van der Waals surface area contributed by atoms with E-state index in [4.69, 9.17) is 11.6 Å². The summed E-state index contributed by atoms with van der Waals surface area (Å²) >= 11 is 5.61. The third-order valence-corrected chi connectivity index (χ3v) is 2.67. The van der Waals surface area contributed by atoms with Crippen molar-refractivity contribution >= 4 is 23.6 Å². The van der Waals surface area contributed by atoms with Crippen LogP contribution in [0.15, 0.2) is 24.3 Å². The molecule has 1 atom stereocenters. The fraction of sp³-hybridized carbons (Fsp3) is 0.333. The first-order valence-electron chi connectivity index (χ1n) is 5.67. The van der Waals surface area contributed by atoms with Crippen LogP contribution in [-0.2, 0) is 9.53 Å². The highest BCUT2D eigenvalue weighted by molar-refractivity contribution is 6.30. The zero-order valence-electron chi connectivity index (χ0n) is 10.8. The predicted octanol–water partition coefficient (Wildman–Crippen LogP) is 2.42. The Hall–Kier alpha value is -1.96. The normalized spacial score (nSPS) is 12.4. The Balaban J connectivity index is 2.78. The van der Waals surface area contributed by atoms with Crippen molar-refractivity contribution in [1.82, 2.24) is 10.6 Å². The fourth-order valence-electron chi connectivity index (χ4n) is 1.45. The molecule has 0 aromatic heterocycles. The van der Waals surface area contributed by atoms with Crippen LogP contribution in [0, 0.1) is 0 Å². The van der Waals surface area contributed by atoms with Crippen molar-refractivity contribution in [3.05, 3.63) is 34.9 Å². The quantitative estimate of drug-likeness (QED) is 0.893. The van der Waals surface area contributed by atoms with E-state index in [-0.39, 0.29) is 10.6 Å². The molecule has 2 N–H and O–H groups in total. The number of rotatable bonds is 4. The fourth-order valence-corrected chi connectivity index (χ4v) is 1.57. The summed E-state index contributed by atoms with van der Waals surface area (Å²) in [6, 6.07) is 2.70. The first-order chi connectivity index (χ1) is 9.74. The molecular formula is C12H12ClF3N2O3. The van der Waals surface area contributed by atoms with Crippen LogP contribution in [0.4, 0.5) is 18.0 Å². The Kier molecular flexibility index (Phi) is 5.83. The van der Waals surface area contributed by atoms with Crippen molar-refractivity contribution in [3.8, 4) is 0 Å². The van der Waals surface area contributed by atoms with Crippen LogP contribution in [0.25, 0.3) is 0 Å². The molecule has 0 aliphatic heterocycles. The van der Waals surface area contributed by atoms with Gasteiger partial charge in [-0.2, -0.15) is 13.2 Å². The number of carbonyl (C=O) groups excluding carboxylic acids is 2. The molecule has 1 aromatic carbocycles. The van der Waals surface area contributed by atoms with E-state index in [0.29, 0.717) is 0 Å². The number of alkyl carbamates (subject to hydrolysis) is 1. The summed E-state index contributed by atoms with van der Waals surface area (Å²) in [6.45, 7) is -0.632. The average molecular weight is 325 g/mol. The summed E-state index contributed by atoms with van der Waals surface area (Å²) in [7, 11) is 1.07. The van der Waals surface area contributed by atoms with Crippen molar-refractivity contribution in [2.45, 2.75) is 12.2 Å². The summed E-state index contributed by atoms with van der Waals surface area (Å²) in [5, 5.41) is 4.06. The van der Waals surface area contributed by atoms with Gasteiger partial charge in [-0.15, -0.1) is 0 Å². The number of alkyl halides is 3. The molecule has 116 valence electrons. The van der Waals surface area contributed by atoms with Crippen LogP contribution < -0.4 is 10.6 Å². The van der Waals surface area contributed by atoms with Gasteiger partial charge in [0.25, 0.3) is 0 Å². The van der Waals surface area contributed by atoms with Gasteiger partial charge in [-0.05, 0) is 17.7 Å². The molecule has 0 aliphatic carbocycles. The molecule has 5 nitrogen and oxygen atoms in total. The largest absolute Gasteiger partial charge is 0.453 e. The molecule has 0 saturated carbocycles. The van der Waals surface area contributed by atoms with Crippen LogP contribution in [-0.4, -0.2) is 31.8 Å². The van der Waals surface area contributed by atoms with E-state index in [1.54, 1.807) is 5.32 Å². The van der Waals surface area contributed by atoms with Crippen molar-refractivity contribution in [2.75, 3.05) is 13.7 Å². The van der Waals surface area contributed by atoms with Gasteiger partial charge in [0, 0.05) is 5.02 Å². The van der Waals surface area contributed by atoms with Gasteiger partial charge < -0.3 is 15.4 Å². The molecule has 0 aliphatic rings. The minimum absolute atomic E-state index is 0.168. The lowest BCUT2D eigenvalue weighted by atomic mass is 10.1. The number of hydrogen-bond donors (Lipinski definition) is 2. The summed E-state index contributed by atoms with van der Waals surface area (Å²) in [5.74, 6) is -1.00. The number of methoxy groups -OCH3 is 1. The van der Waals surface area contributed by atoms with Crippen molar-refractivity contribution < 1.29 is 27.5 Å². The van der Waals surface area contributed by atoms with E-state index in [2.05, 4.69) is 4.74 Å². The lowest BCUT2D eigenvalue weighted by Gasteiger charge is -2.22. The van der Waals surface area contributed by atoms with E-state index in [1.165, 1.54) is 12.1 Å². The van der Waals surface area contributed by atoms with E-state index in [0.717, 1.165) is 19.2 Å². The highest BCUT2D eigenvalue weighted by Crippen LogP contribution is 2.33. The number of carbonyl (C=O) groups is 2. The van der Waals surface area contributed by atoms with Crippen molar-refractivity contribution in [1.29, 1.82) is 0 Å². The minimum atomic E-state index is -4.69. The maximum absolute atomic E-state index is 13.0. The molecule has 0 unspecified atom stereocenters. The average Bonchev–Trinajstić information content (AvgIpc) is 2.42. The Morgan fingerprint density at radius 2 is 1.86 bits per heavy atom. The highest BCUT2D eigenvalue weighted by Gasteiger charge is 2.41. The molecule has 21 heavy (non-hydrogen) atoms. The van der Waals surface area contributed by atoms with E-state index >= 15 is 0 Å². The van der Waals surface area contributed by atoms with Crippen LogP contribution in [0.5, 0.6) is 0 Å². The molecule has 1 rings (SSSR count). The summed E-state index contributed by atoms with van der Waals surface area (Å²) in [6.07, 6.45) is -5.60. The number of nitrogens with one attached hydrogen (secondary N) is 2. The summed E-state index contributed by atoms with van der Waals surface area (Å²) < 4.78 is 43.1. The van der Waals surface area contributed by atoms with Gasteiger partial charge in [0.2, 0.25) is 5.91 Å². The van der Waals surface area contributed by atoms with Gasteiger partial charge in [-0.25, -0.2) is 4.79 Å². The monoisotopic (exact) mass is 324 g/mol. The predicted molar refractivity (Wildman–Crippen MR) is 68.8 cm³/mol. The summed E-state index contributed by atoms with van der Waals surface area (Å²) in [4.78, 5) is 22.2. The SMILES string of the molecule is COC(=O)NCC(=O)N[C@@H](c1ccc(Cl)cc1)C(F)(F)F. The van der Waals surface area contributed by atoms with E-state index < -0.39 is 30.8 Å². The van der Waals surface area contributed by atoms with E-state index in [9.17, 15) is 22.8 Å². The maximum Gasteiger partial charge on any atom is 0.412 e. The zero-order valence-corrected chi connectivity index (χ0v) is 11.6. The standard InChI is InChI=1S/C12H12ClF3N2O3/c1-21-11(20)17-6-9(19)18-10(12(14,15)16)7-2-4-8(13)5-3-7/h2-5,10H,6H2,1H3,(H,17,20)(H,18,19)/t10-/m0/s1. The van der Waals surface area contributed by atoms with Gasteiger partial charge in [0.05, 0.1) is 7.11 Å². The number of hydrogen-bond acceptors (Lipinski definition) is 3. The van der Waals surface area contributed by atoms with Crippen LogP contribution in [0.1, 0.15) is 11.6 Å². The van der Waals surface area contributed by atoms with Gasteiger partial charge in [-0.3, -0.25) is 4.79 Å². The molecule has 1 aromatic rings. The molecule has 9 heteroatoms. The number of benzene rings is 1. The Morgan fingerprint density at radius 3 is 2.33 bits per heavy atom. The second-order valence-electron chi connectivity index (χ2n) is 3.94. The van der Waals surface area contributed by atoms with Gasteiger partial charge in [0.15, 0.2) is 6.04 Å². The third-order valence-electron chi connectivity index (χ3n) is 2.41. The third kappa shape index (κ3) is 5.50. The summed E-state index contributed by atoms with van der Waals surface area (Å²) in [5.41, 5.74) is -0.168. The first-order valence-corrected chi connectivity index (χ1v) is 6.05. The zero-order chi connectivity index (χ0) is 16.0. The molecule has 0 heterocycles. The molecule has 2 amide bonds. The van der Waals surface area contributed by atoms with Gasteiger partial charge >= 0.3 is 12.3 Å². The lowest BCUT2D eigenvalue weighted by Crippen LogP contribution is -2.43. The molecular weight excluding hydrogens is 313 g/mol. The Morgan fingerprint density at radius 1 is 1.29 bits per heavy atom. The topological polar surface area (TPSA) is 67.4 Å². The van der Waals surface area contributed by atoms with Crippen molar-refractivity contribution in [3.63, 3.8) is 0 Å². The Labute approximate surface area is 123 Å². The maximum atomic E-state index is 13.0. The Bertz CT molecular complexity index is 505. The second-order valence-corrected chi connectivity index (χ2v) is 4.38. The number of amides is 2. The first kappa shape index (κ1) is 17.1. The van der Waals surface area contributed by atoms with Crippen LogP contribution >= 0.6 is 11.6 Å². The molecule has 0 bridgehead atoms. The van der Waals surface area contributed by atoms with E-state index in [1.807, 2.05) is 5.32 Å². The lowest BCUT2D eigenvalue weighted by molar-refractivity contribution is -0.163. The van der Waals surface area contributed by atoms with Gasteiger partial charge in [0.1, 0.15) is 6.54 Å². The molecule has 0 saturated heterocycles. The van der Waals surface area contributed by atoms with Crippen LogP contribution in [0.3, 0.4) is 0 Å². The molecule has 0 radical (unpaired) electrons. The second kappa shape index (κ2) is 7.16. The molecule has 0 spiro atoms. The van der Waals surface area contributed by atoms with Crippen LogP contribution in [0.2, 0.25) is 5.02 Å². The molecule has 0 fully saturated rings. The minimum Gasteiger partial charge on any atom is -0.453 e. The smallest absolute Gasteiger partial charge is 0.412 e. The number of ether oxygens (including phenoxy) is 1.